The van der Waals surface area contributed by atoms with Crippen LogP contribution in [0.1, 0.15) is 42.0 Å². The smallest absolute Gasteiger partial charge is 0.124 e. The highest BCUT2D eigenvalue weighted by Gasteiger charge is 2.21. The summed E-state index contributed by atoms with van der Waals surface area (Å²) in [5, 5.41) is 3.50. The third kappa shape index (κ3) is 2.85. The molecule has 1 aromatic rings. The summed E-state index contributed by atoms with van der Waals surface area (Å²) in [7, 11) is 1.72. The summed E-state index contributed by atoms with van der Waals surface area (Å²) < 4.78 is 5.49. The largest absolute Gasteiger partial charge is 0.496 e. The van der Waals surface area contributed by atoms with Crippen LogP contribution in [0.15, 0.2) is 12.1 Å². The van der Waals surface area contributed by atoms with E-state index in [1.807, 2.05) is 0 Å². The van der Waals surface area contributed by atoms with Crippen molar-refractivity contribution in [2.45, 2.75) is 45.2 Å². The van der Waals surface area contributed by atoms with Gasteiger partial charge in [0.2, 0.25) is 0 Å². The maximum atomic E-state index is 6.38. The summed E-state index contributed by atoms with van der Waals surface area (Å²) in [5.74, 6) is 0.929. The lowest BCUT2D eigenvalue weighted by Crippen LogP contribution is -2.27. The van der Waals surface area contributed by atoms with E-state index in [2.05, 4.69) is 31.3 Å². The maximum Gasteiger partial charge on any atom is 0.124 e. The highest BCUT2D eigenvalue weighted by atomic mass is 16.5. The van der Waals surface area contributed by atoms with Crippen LogP contribution in [-0.2, 0) is 0 Å². The first-order chi connectivity index (χ1) is 8.61. The van der Waals surface area contributed by atoms with Crippen molar-refractivity contribution in [3.63, 3.8) is 0 Å². The molecule has 0 amide bonds. The van der Waals surface area contributed by atoms with Crippen molar-refractivity contribution < 1.29 is 4.74 Å². The molecule has 0 bridgehead atoms. The summed E-state index contributed by atoms with van der Waals surface area (Å²) >= 11 is 0. The van der Waals surface area contributed by atoms with Crippen molar-refractivity contribution in [1.29, 1.82) is 0 Å². The molecule has 2 atom stereocenters. The highest BCUT2D eigenvalue weighted by molar-refractivity contribution is 5.45. The Hall–Kier alpha value is -1.06. The number of nitrogens with one attached hydrogen (secondary N) is 1. The normalized spacial score (nSPS) is 21.0. The molecule has 3 heteroatoms. The Morgan fingerprint density at radius 3 is 2.83 bits per heavy atom. The molecule has 0 radical (unpaired) electrons. The number of benzene rings is 1. The van der Waals surface area contributed by atoms with Crippen LogP contribution in [0.5, 0.6) is 5.75 Å². The van der Waals surface area contributed by atoms with Gasteiger partial charge in [0.05, 0.1) is 7.11 Å². The Labute approximate surface area is 110 Å². The van der Waals surface area contributed by atoms with Gasteiger partial charge in [-0.3, -0.25) is 0 Å². The van der Waals surface area contributed by atoms with E-state index < -0.39 is 0 Å². The van der Waals surface area contributed by atoms with Gasteiger partial charge >= 0.3 is 0 Å². The standard InChI is InChI=1S/C15H24N2O/c1-10-7-11(2)15(14(8-10)18-3)13(16)9-12-5-4-6-17-12/h7-8,12-13,17H,4-6,9,16H2,1-3H3. The second-order valence-electron chi connectivity index (χ2n) is 5.33. The number of aryl methyl sites for hydroxylation is 2. The van der Waals surface area contributed by atoms with Crippen molar-refractivity contribution in [1.82, 2.24) is 5.32 Å². The molecule has 1 saturated heterocycles. The molecule has 18 heavy (non-hydrogen) atoms. The SMILES string of the molecule is COc1cc(C)cc(C)c1C(N)CC1CCCN1. The van der Waals surface area contributed by atoms with E-state index in [1.54, 1.807) is 7.11 Å². The van der Waals surface area contributed by atoms with Gasteiger partial charge in [0.15, 0.2) is 0 Å². The molecule has 0 saturated carbocycles. The number of ether oxygens (including phenoxy) is 1. The maximum absolute atomic E-state index is 6.38. The van der Waals surface area contributed by atoms with Crippen molar-refractivity contribution in [2.24, 2.45) is 5.73 Å². The first-order valence-electron chi connectivity index (χ1n) is 6.76. The van der Waals surface area contributed by atoms with Crippen molar-refractivity contribution >= 4 is 0 Å². The zero-order valence-corrected chi connectivity index (χ0v) is 11.6. The molecule has 0 spiro atoms. The van der Waals surface area contributed by atoms with Gasteiger partial charge in [-0.2, -0.15) is 0 Å². The van der Waals surface area contributed by atoms with Gasteiger partial charge in [-0.25, -0.2) is 0 Å². The molecule has 1 aliphatic rings. The first kappa shape index (κ1) is 13.4. The summed E-state index contributed by atoms with van der Waals surface area (Å²) in [6, 6.07) is 4.87. The minimum Gasteiger partial charge on any atom is -0.496 e. The van der Waals surface area contributed by atoms with Crippen LogP contribution in [0.3, 0.4) is 0 Å². The average Bonchev–Trinajstić information content (AvgIpc) is 2.80. The third-order valence-electron chi connectivity index (χ3n) is 3.78. The summed E-state index contributed by atoms with van der Waals surface area (Å²) in [5.41, 5.74) is 10.0. The lowest BCUT2D eigenvalue weighted by molar-refractivity contribution is 0.398. The molecule has 1 aromatic carbocycles. The summed E-state index contributed by atoms with van der Waals surface area (Å²) in [6.07, 6.45) is 3.49. The Morgan fingerprint density at radius 1 is 1.44 bits per heavy atom. The van der Waals surface area contributed by atoms with Crippen LogP contribution in [0.4, 0.5) is 0 Å². The molecular formula is C15H24N2O. The van der Waals surface area contributed by atoms with Gasteiger partial charge in [0, 0.05) is 17.6 Å². The molecule has 1 aliphatic heterocycles. The summed E-state index contributed by atoms with van der Waals surface area (Å²) in [6.45, 7) is 5.33. The molecular weight excluding hydrogens is 224 g/mol. The minimum absolute atomic E-state index is 0.0520. The van der Waals surface area contributed by atoms with Gasteiger partial charge in [-0.05, 0) is 56.8 Å². The Kier molecular flexibility index (Phi) is 4.25. The molecule has 0 aromatic heterocycles. The molecule has 1 fully saturated rings. The molecule has 2 rings (SSSR count). The van der Waals surface area contributed by atoms with Crippen LogP contribution in [0, 0.1) is 13.8 Å². The van der Waals surface area contributed by atoms with Gasteiger partial charge < -0.3 is 15.8 Å². The predicted octanol–water partition coefficient (Wildman–Crippen LogP) is 2.45. The second-order valence-corrected chi connectivity index (χ2v) is 5.33. The van der Waals surface area contributed by atoms with Crippen LogP contribution in [-0.4, -0.2) is 19.7 Å². The quantitative estimate of drug-likeness (QED) is 0.860. The number of hydrogen-bond donors (Lipinski definition) is 2. The monoisotopic (exact) mass is 248 g/mol. The van der Waals surface area contributed by atoms with Crippen LogP contribution in [0.25, 0.3) is 0 Å². The second kappa shape index (κ2) is 5.72. The molecule has 3 N–H and O–H groups in total. The van der Waals surface area contributed by atoms with Crippen LogP contribution >= 0.6 is 0 Å². The molecule has 3 nitrogen and oxygen atoms in total. The number of nitrogens with two attached hydrogens (primary N) is 1. The Balaban J connectivity index is 2.20. The lowest BCUT2D eigenvalue weighted by atomic mass is 9.93. The minimum atomic E-state index is 0.0520. The molecule has 1 heterocycles. The van der Waals surface area contributed by atoms with E-state index in [-0.39, 0.29) is 6.04 Å². The fourth-order valence-corrected chi connectivity index (χ4v) is 2.97. The van der Waals surface area contributed by atoms with Crippen LogP contribution < -0.4 is 15.8 Å². The molecule has 100 valence electrons. The van der Waals surface area contributed by atoms with E-state index in [1.165, 1.54) is 24.0 Å². The lowest BCUT2D eigenvalue weighted by Gasteiger charge is -2.22. The Bertz CT molecular complexity index is 411. The summed E-state index contributed by atoms with van der Waals surface area (Å²) in [4.78, 5) is 0. The van der Waals surface area contributed by atoms with Crippen molar-refractivity contribution in [2.75, 3.05) is 13.7 Å². The van der Waals surface area contributed by atoms with Gasteiger partial charge in [0.25, 0.3) is 0 Å². The third-order valence-corrected chi connectivity index (χ3v) is 3.78. The zero-order valence-electron chi connectivity index (χ0n) is 11.6. The van der Waals surface area contributed by atoms with E-state index in [0.29, 0.717) is 6.04 Å². The molecule has 2 unspecified atom stereocenters. The first-order valence-corrected chi connectivity index (χ1v) is 6.76. The number of methoxy groups -OCH3 is 1. The van der Waals surface area contributed by atoms with E-state index in [0.717, 1.165) is 24.3 Å². The van der Waals surface area contributed by atoms with Gasteiger partial charge in [-0.1, -0.05) is 6.07 Å². The zero-order chi connectivity index (χ0) is 13.1. The van der Waals surface area contributed by atoms with Crippen LogP contribution in [0.2, 0.25) is 0 Å². The Morgan fingerprint density at radius 2 is 2.22 bits per heavy atom. The van der Waals surface area contributed by atoms with Gasteiger partial charge in [-0.15, -0.1) is 0 Å². The fourth-order valence-electron chi connectivity index (χ4n) is 2.97. The highest BCUT2D eigenvalue weighted by Crippen LogP contribution is 2.32. The topological polar surface area (TPSA) is 47.3 Å². The number of rotatable bonds is 4. The number of hydrogen-bond acceptors (Lipinski definition) is 3. The van der Waals surface area contributed by atoms with E-state index in [4.69, 9.17) is 10.5 Å². The van der Waals surface area contributed by atoms with Crippen molar-refractivity contribution in [3.05, 3.63) is 28.8 Å². The fraction of sp³-hybridized carbons (Fsp3) is 0.600. The average molecular weight is 248 g/mol. The molecule has 0 aliphatic carbocycles. The van der Waals surface area contributed by atoms with E-state index >= 15 is 0 Å². The van der Waals surface area contributed by atoms with E-state index in [9.17, 15) is 0 Å². The predicted molar refractivity (Wildman–Crippen MR) is 75.0 cm³/mol. The van der Waals surface area contributed by atoms with Crippen molar-refractivity contribution in [3.8, 4) is 5.75 Å². The van der Waals surface area contributed by atoms with Gasteiger partial charge in [0.1, 0.15) is 5.75 Å².